The number of nitrogen functional groups attached to an aromatic ring is 1. The van der Waals surface area contributed by atoms with Gasteiger partial charge in [-0.15, -0.1) is 0 Å². The van der Waals surface area contributed by atoms with Crippen LogP contribution in [0.15, 0.2) is 18.3 Å². The number of aromatic nitrogens is 4. The largest absolute Gasteiger partial charge is 0.308 e. The summed E-state index contributed by atoms with van der Waals surface area (Å²) in [6.45, 7) is 2.11. The van der Waals surface area contributed by atoms with Crippen molar-refractivity contribution in [3.8, 4) is 11.5 Å². The molecule has 0 radical (unpaired) electrons. The van der Waals surface area contributed by atoms with Gasteiger partial charge in [-0.1, -0.05) is 13.3 Å². The average Bonchev–Trinajstić information content (AvgIpc) is 2.76. The molecule has 2 rings (SSSR count). The highest BCUT2D eigenvalue weighted by atomic mass is 15.3. The molecule has 0 fully saturated rings. The molecule has 90 valence electrons. The van der Waals surface area contributed by atoms with Crippen LogP contribution in [0.3, 0.4) is 0 Å². The topological polar surface area (TPSA) is 81.6 Å². The van der Waals surface area contributed by atoms with Crippen molar-refractivity contribution in [2.45, 2.75) is 19.8 Å². The number of hydrogen-bond acceptors (Lipinski definition) is 5. The van der Waals surface area contributed by atoms with Crippen molar-refractivity contribution in [2.75, 3.05) is 5.43 Å². The second-order valence-electron chi connectivity index (χ2n) is 3.84. The third-order valence-corrected chi connectivity index (χ3v) is 2.38. The van der Waals surface area contributed by atoms with Gasteiger partial charge >= 0.3 is 0 Å². The van der Waals surface area contributed by atoms with Gasteiger partial charge in [-0.25, -0.2) is 15.8 Å². The van der Waals surface area contributed by atoms with Gasteiger partial charge in [-0.3, -0.25) is 4.68 Å². The van der Waals surface area contributed by atoms with Crippen LogP contribution in [0, 0.1) is 0 Å². The minimum absolute atomic E-state index is 0.601. The Bertz CT molecular complexity index is 504. The highest BCUT2D eigenvalue weighted by molar-refractivity contribution is 5.52. The molecule has 2 aromatic rings. The van der Waals surface area contributed by atoms with E-state index in [9.17, 15) is 0 Å². The maximum absolute atomic E-state index is 5.40. The predicted octanol–water partition coefficient (Wildman–Crippen LogP) is 1.12. The van der Waals surface area contributed by atoms with E-state index in [0.717, 1.165) is 24.2 Å². The van der Waals surface area contributed by atoms with E-state index in [-0.39, 0.29) is 0 Å². The van der Waals surface area contributed by atoms with E-state index in [1.54, 1.807) is 4.68 Å². The lowest BCUT2D eigenvalue weighted by Crippen LogP contribution is -2.10. The quantitative estimate of drug-likeness (QED) is 0.609. The van der Waals surface area contributed by atoms with E-state index < -0.39 is 0 Å². The molecule has 0 aliphatic carbocycles. The zero-order valence-corrected chi connectivity index (χ0v) is 10.0. The van der Waals surface area contributed by atoms with Crippen molar-refractivity contribution >= 4 is 5.82 Å². The summed E-state index contributed by atoms with van der Waals surface area (Å²) in [4.78, 5) is 8.77. The Hall–Kier alpha value is -1.95. The molecule has 17 heavy (non-hydrogen) atoms. The van der Waals surface area contributed by atoms with Gasteiger partial charge in [0, 0.05) is 25.0 Å². The fourth-order valence-electron chi connectivity index (χ4n) is 1.60. The third-order valence-electron chi connectivity index (χ3n) is 2.38. The van der Waals surface area contributed by atoms with E-state index in [1.165, 1.54) is 0 Å². The first kappa shape index (κ1) is 11.5. The van der Waals surface area contributed by atoms with E-state index in [2.05, 4.69) is 27.4 Å². The van der Waals surface area contributed by atoms with E-state index in [0.29, 0.717) is 11.6 Å². The molecule has 0 aliphatic rings. The third kappa shape index (κ3) is 2.59. The molecule has 2 heterocycles. The smallest absolute Gasteiger partial charge is 0.182 e. The molecule has 0 unspecified atom stereocenters. The Balaban J connectivity index is 2.42. The molecule has 0 saturated heterocycles. The first-order valence-corrected chi connectivity index (χ1v) is 5.57. The molecule has 6 heteroatoms. The molecular formula is C11H16N6. The predicted molar refractivity (Wildman–Crippen MR) is 66.0 cm³/mol. The molecule has 6 nitrogen and oxygen atoms in total. The second-order valence-corrected chi connectivity index (χ2v) is 3.84. The number of aryl methyl sites for hydroxylation is 2. The fourth-order valence-corrected chi connectivity index (χ4v) is 1.60. The lowest BCUT2D eigenvalue weighted by Gasteiger charge is -2.05. The monoisotopic (exact) mass is 232 g/mol. The Morgan fingerprint density at radius 2 is 2.24 bits per heavy atom. The summed E-state index contributed by atoms with van der Waals surface area (Å²) < 4.78 is 1.72. The summed E-state index contributed by atoms with van der Waals surface area (Å²) in [5.74, 6) is 6.62. The fraction of sp³-hybridized carbons (Fsp3) is 0.364. The lowest BCUT2D eigenvalue weighted by molar-refractivity contribution is 0.767. The maximum atomic E-state index is 5.40. The van der Waals surface area contributed by atoms with Gasteiger partial charge in [-0.05, 0) is 12.5 Å². The van der Waals surface area contributed by atoms with Crippen molar-refractivity contribution < 1.29 is 0 Å². The average molecular weight is 232 g/mol. The number of nitrogens with two attached hydrogens (primary N) is 1. The lowest BCUT2D eigenvalue weighted by atomic mass is 10.2. The van der Waals surface area contributed by atoms with Gasteiger partial charge in [-0.2, -0.15) is 5.10 Å². The van der Waals surface area contributed by atoms with Gasteiger partial charge in [0.2, 0.25) is 0 Å². The van der Waals surface area contributed by atoms with Crippen molar-refractivity contribution in [3.63, 3.8) is 0 Å². The summed E-state index contributed by atoms with van der Waals surface area (Å²) in [5, 5.41) is 4.28. The molecule has 0 amide bonds. The SMILES string of the molecule is CCCc1cc(NN)nc(-c2ccn(C)n2)n1. The van der Waals surface area contributed by atoms with Gasteiger partial charge < -0.3 is 5.43 Å². The minimum atomic E-state index is 0.601. The van der Waals surface area contributed by atoms with Gasteiger partial charge in [0.15, 0.2) is 5.82 Å². The molecule has 0 aliphatic heterocycles. The van der Waals surface area contributed by atoms with Crippen LogP contribution in [0.5, 0.6) is 0 Å². The maximum Gasteiger partial charge on any atom is 0.182 e. The van der Waals surface area contributed by atoms with Crippen molar-refractivity contribution in [2.24, 2.45) is 12.9 Å². The molecule has 2 aromatic heterocycles. The summed E-state index contributed by atoms with van der Waals surface area (Å²) in [6.07, 6.45) is 3.79. The molecule has 0 aromatic carbocycles. The Labute approximate surface area is 99.9 Å². The van der Waals surface area contributed by atoms with Crippen molar-refractivity contribution in [1.82, 2.24) is 19.7 Å². The van der Waals surface area contributed by atoms with Crippen LogP contribution >= 0.6 is 0 Å². The number of nitrogens with one attached hydrogen (secondary N) is 1. The number of rotatable bonds is 4. The summed E-state index contributed by atoms with van der Waals surface area (Å²) >= 11 is 0. The Morgan fingerprint density at radius 1 is 1.41 bits per heavy atom. The van der Waals surface area contributed by atoms with E-state index in [4.69, 9.17) is 5.84 Å². The van der Waals surface area contributed by atoms with Gasteiger partial charge in [0.25, 0.3) is 0 Å². The first-order chi connectivity index (χ1) is 8.22. The molecule has 0 bridgehead atoms. The number of nitrogens with zero attached hydrogens (tertiary/aromatic N) is 4. The van der Waals surface area contributed by atoms with Crippen molar-refractivity contribution in [3.05, 3.63) is 24.0 Å². The number of anilines is 1. The van der Waals surface area contributed by atoms with Crippen molar-refractivity contribution in [1.29, 1.82) is 0 Å². The van der Waals surface area contributed by atoms with Crippen LogP contribution in [-0.4, -0.2) is 19.7 Å². The normalized spacial score (nSPS) is 10.5. The van der Waals surface area contributed by atoms with Crippen LogP contribution < -0.4 is 11.3 Å². The molecule has 0 spiro atoms. The Kier molecular flexibility index (Phi) is 3.34. The van der Waals surface area contributed by atoms with Crippen LogP contribution in [0.1, 0.15) is 19.0 Å². The first-order valence-electron chi connectivity index (χ1n) is 5.57. The van der Waals surface area contributed by atoms with Gasteiger partial charge in [0.05, 0.1) is 0 Å². The molecule has 3 N–H and O–H groups in total. The number of hydrogen-bond donors (Lipinski definition) is 2. The zero-order chi connectivity index (χ0) is 12.3. The van der Waals surface area contributed by atoms with Crippen LogP contribution in [0.4, 0.5) is 5.82 Å². The molecule has 0 atom stereocenters. The summed E-state index contributed by atoms with van der Waals surface area (Å²) in [7, 11) is 1.86. The summed E-state index contributed by atoms with van der Waals surface area (Å²) in [6, 6.07) is 3.74. The highest BCUT2D eigenvalue weighted by Gasteiger charge is 2.08. The second kappa shape index (κ2) is 4.92. The summed E-state index contributed by atoms with van der Waals surface area (Å²) in [5.41, 5.74) is 4.28. The molecular weight excluding hydrogens is 216 g/mol. The minimum Gasteiger partial charge on any atom is -0.308 e. The molecule has 0 saturated carbocycles. The standard InChI is InChI=1S/C11H16N6/c1-3-4-8-7-10(15-12)14-11(13-8)9-5-6-17(2)16-9/h5-7H,3-4,12H2,1-2H3,(H,13,14,15). The van der Waals surface area contributed by atoms with Crippen LogP contribution in [-0.2, 0) is 13.5 Å². The van der Waals surface area contributed by atoms with E-state index >= 15 is 0 Å². The highest BCUT2D eigenvalue weighted by Crippen LogP contribution is 2.16. The van der Waals surface area contributed by atoms with Gasteiger partial charge in [0.1, 0.15) is 11.5 Å². The Morgan fingerprint density at radius 3 is 2.82 bits per heavy atom. The van der Waals surface area contributed by atoms with Crippen LogP contribution in [0.2, 0.25) is 0 Å². The zero-order valence-electron chi connectivity index (χ0n) is 10.0. The van der Waals surface area contributed by atoms with E-state index in [1.807, 2.05) is 25.4 Å². The van der Waals surface area contributed by atoms with Crippen LogP contribution in [0.25, 0.3) is 11.5 Å². The number of hydrazine groups is 1.